The summed E-state index contributed by atoms with van der Waals surface area (Å²) in [6.45, 7) is 7.95. The van der Waals surface area contributed by atoms with Gasteiger partial charge in [-0.05, 0) is 30.9 Å². The highest BCUT2D eigenvalue weighted by Crippen LogP contribution is 2.23. The first-order chi connectivity index (χ1) is 13.2. The van der Waals surface area contributed by atoms with Crippen molar-refractivity contribution >= 4 is 22.7 Å². The van der Waals surface area contributed by atoms with E-state index in [4.69, 9.17) is 4.84 Å². The summed E-state index contributed by atoms with van der Waals surface area (Å²) in [5.74, 6) is 0.504. The molecule has 6 nitrogen and oxygen atoms in total. The molecule has 2 rings (SSSR count). The van der Waals surface area contributed by atoms with Gasteiger partial charge in [-0.25, -0.2) is 4.98 Å². The third-order valence-electron chi connectivity index (χ3n) is 4.03. The number of oxime groups is 1. The summed E-state index contributed by atoms with van der Waals surface area (Å²) in [6.07, 6.45) is 0. The van der Waals surface area contributed by atoms with E-state index in [9.17, 15) is 13.6 Å². The Kier molecular flexibility index (Phi) is 7.48. The van der Waals surface area contributed by atoms with Gasteiger partial charge < -0.3 is 9.74 Å². The lowest BCUT2D eigenvalue weighted by Gasteiger charge is -2.25. The van der Waals surface area contributed by atoms with Gasteiger partial charge in [-0.2, -0.15) is 8.78 Å². The van der Waals surface area contributed by atoms with Crippen LogP contribution in [0.1, 0.15) is 47.0 Å². The van der Waals surface area contributed by atoms with Gasteiger partial charge in [-0.15, -0.1) is 0 Å². The van der Waals surface area contributed by atoms with E-state index in [1.165, 1.54) is 6.92 Å². The Morgan fingerprint density at radius 3 is 2.36 bits per heavy atom. The van der Waals surface area contributed by atoms with Crippen LogP contribution in [0.5, 0.6) is 0 Å². The molecule has 0 aliphatic heterocycles. The minimum Gasteiger partial charge on any atom is -0.385 e. The third kappa shape index (κ3) is 5.50. The van der Waals surface area contributed by atoms with Crippen molar-refractivity contribution in [2.24, 2.45) is 17.0 Å². The van der Waals surface area contributed by atoms with Gasteiger partial charge in [-0.3, -0.25) is 9.36 Å². The number of benzene rings is 1. The number of alkyl halides is 2. The van der Waals surface area contributed by atoms with Gasteiger partial charge >= 0.3 is 6.55 Å². The van der Waals surface area contributed by atoms with Crippen LogP contribution in [0.3, 0.4) is 0 Å². The standard InChI is InChI=1S/C20H28F2N4O2/c1-13(2)10-25(11-14(3)4)18(27)12-28-24-15(5)19-23-16-8-6-7-9-17(16)26(19)20(21)22/h6-9,13-14,20H,10-12H2,1-5H3. The molecule has 0 spiro atoms. The Bertz CT molecular complexity index is 821. The highest BCUT2D eigenvalue weighted by Gasteiger charge is 2.20. The normalized spacial score (nSPS) is 12.4. The van der Waals surface area contributed by atoms with Crippen molar-refractivity contribution in [3.8, 4) is 0 Å². The summed E-state index contributed by atoms with van der Waals surface area (Å²) >= 11 is 0. The molecule has 0 atom stereocenters. The number of fused-ring (bicyclic) bond motifs is 1. The van der Waals surface area contributed by atoms with E-state index in [-0.39, 0.29) is 24.1 Å². The highest BCUT2D eigenvalue weighted by atomic mass is 19.3. The maximum atomic E-state index is 13.5. The van der Waals surface area contributed by atoms with Gasteiger partial charge in [0.05, 0.1) is 11.0 Å². The van der Waals surface area contributed by atoms with Gasteiger partial charge in [-0.1, -0.05) is 45.0 Å². The van der Waals surface area contributed by atoms with E-state index in [1.807, 2.05) is 27.7 Å². The molecular weight excluding hydrogens is 366 g/mol. The van der Waals surface area contributed by atoms with Crippen molar-refractivity contribution in [2.75, 3.05) is 19.7 Å². The Labute approximate surface area is 164 Å². The average Bonchev–Trinajstić information content (AvgIpc) is 3.00. The molecule has 0 N–H and O–H groups in total. The molecule has 0 saturated heterocycles. The smallest absolute Gasteiger partial charge is 0.320 e. The van der Waals surface area contributed by atoms with Crippen molar-refractivity contribution in [2.45, 2.75) is 41.2 Å². The molecule has 8 heteroatoms. The fourth-order valence-electron chi connectivity index (χ4n) is 2.97. The predicted molar refractivity (Wildman–Crippen MR) is 105 cm³/mol. The second-order valence-corrected chi connectivity index (χ2v) is 7.61. The lowest BCUT2D eigenvalue weighted by molar-refractivity contribution is -0.137. The molecule has 1 heterocycles. The van der Waals surface area contributed by atoms with Crippen LogP contribution in [0, 0.1) is 11.8 Å². The minimum absolute atomic E-state index is 0.0184. The number of rotatable bonds is 9. The van der Waals surface area contributed by atoms with Crippen LogP contribution in [0.25, 0.3) is 11.0 Å². The number of carbonyl (C=O) groups is 1. The van der Waals surface area contributed by atoms with Crippen LogP contribution in [-0.4, -0.2) is 45.8 Å². The number of imidazole rings is 1. The number of para-hydroxylation sites is 2. The van der Waals surface area contributed by atoms with Gasteiger partial charge in [0.1, 0.15) is 5.71 Å². The molecule has 0 radical (unpaired) electrons. The maximum Gasteiger partial charge on any atom is 0.320 e. The van der Waals surface area contributed by atoms with Gasteiger partial charge in [0, 0.05) is 13.1 Å². The summed E-state index contributed by atoms with van der Waals surface area (Å²) in [5, 5.41) is 3.87. The van der Waals surface area contributed by atoms with E-state index >= 15 is 0 Å². The molecule has 0 saturated carbocycles. The summed E-state index contributed by atoms with van der Waals surface area (Å²) < 4.78 is 27.8. The fraction of sp³-hybridized carbons (Fsp3) is 0.550. The first-order valence-electron chi connectivity index (χ1n) is 9.40. The second-order valence-electron chi connectivity index (χ2n) is 7.61. The van der Waals surface area contributed by atoms with Crippen molar-refractivity contribution < 1.29 is 18.4 Å². The molecule has 0 unspecified atom stereocenters. The number of nitrogens with zero attached hydrogens (tertiary/aromatic N) is 4. The lowest BCUT2D eigenvalue weighted by Crippen LogP contribution is -2.39. The van der Waals surface area contributed by atoms with Crippen LogP contribution in [0.2, 0.25) is 0 Å². The molecule has 154 valence electrons. The maximum absolute atomic E-state index is 13.5. The summed E-state index contributed by atoms with van der Waals surface area (Å²) in [7, 11) is 0. The van der Waals surface area contributed by atoms with Crippen LogP contribution in [-0.2, 0) is 9.63 Å². The number of hydrogen-bond acceptors (Lipinski definition) is 4. The summed E-state index contributed by atoms with van der Waals surface area (Å²) in [6, 6.07) is 6.64. The Morgan fingerprint density at radius 1 is 1.18 bits per heavy atom. The zero-order valence-corrected chi connectivity index (χ0v) is 17.0. The molecule has 0 aliphatic rings. The number of hydrogen-bond donors (Lipinski definition) is 0. The Morgan fingerprint density at radius 2 is 1.79 bits per heavy atom. The highest BCUT2D eigenvalue weighted by molar-refractivity contribution is 5.98. The van der Waals surface area contributed by atoms with E-state index < -0.39 is 6.55 Å². The molecule has 1 amide bonds. The van der Waals surface area contributed by atoms with Crippen molar-refractivity contribution in [3.05, 3.63) is 30.1 Å². The van der Waals surface area contributed by atoms with Crippen LogP contribution in [0.4, 0.5) is 8.78 Å². The number of amides is 1. The molecule has 1 aromatic heterocycles. The Balaban J connectivity index is 2.13. The molecule has 0 aliphatic carbocycles. The van der Waals surface area contributed by atoms with E-state index in [0.29, 0.717) is 36.0 Å². The molecule has 0 fully saturated rings. The number of aromatic nitrogens is 2. The zero-order chi connectivity index (χ0) is 20.8. The number of carbonyl (C=O) groups excluding carboxylic acids is 1. The molecular formula is C20H28F2N4O2. The second kappa shape index (κ2) is 9.61. The fourth-order valence-corrected chi connectivity index (χ4v) is 2.97. The third-order valence-corrected chi connectivity index (χ3v) is 4.03. The topological polar surface area (TPSA) is 59.7 Å². The van der Waals surface area contributed by atoms with Crippen LogP contribution in [0.15, 0.2) is 29.4 Å². The van der Waals surface area contributed by atoms with Crippen LogP contribution < -0.4 is 0 Å². The lowest BCUT2D eigenvalue weighted by atomic mass is 10.1. The Hall–Kier alpha value is -2.51. The van der Waals surface area contributed by atoms with Crippen molar-refractivity contribution in [1.82, 2.24) is 14.5 Å². The van der Waals surface area contributed by atoms with E-state index in [2.05, 4.69) is 10.1 Å². The average molecular weight is 394 g/mol. The molecule has 0 bridgehead atoms. The van der Waals surface area contributed by atoms with Crippen molar-refractivity contribution in [1.29, 1.82) is 0 Å². The van der Waals surface area contributed by atoms with E-state index in [0.717, 1.165) is 4.57 Å². The van der Waals surface area contributed by atoms with Crippen LogP contribution >= 0.6 is 0 Å². The predicted octanol–water partition coefficient (Wildman–Crippen LogP) is 4.31. The quantitative estimate of drug-likeness (QED) is 0.470. The molecule has 1 aromatic carbocycles. The number of halogens is 2. The van der Waals surface area contributed by atoms with Gasteiger partial charge in [0.15, 0.2) is 12.4 Å². The van der Waals surface area contributed by atoms with Gasteiger partial charge in [0.25, 0.3) is 5.91 Å². The SMILES string of the molecule is CC(=NOCC(=O)N(CC(C)C)CC(C)C)c1nc2ccccc2n1C(F)F. The van der Waals surface area contributed by atoms with Gasteiger partial charge in [0.2, 0.25) is 0 Å². The monoisotopic (exact) mass is 394 g/mol. The molecule has 2 aromatic rings. The molecule has 28 heavy (non-hydrogen) atoms. The summed E-state index contributed by atoms with van der Waals surface area (Å²) in [4.78, 5) is 23.6. The first-order valence-corrected chi connectivity index (χ1v) is 9.40. The van der Waals surface area contributed by atoms with E-state index in [1.54, 1.807) is 29.2 Å². The van der Waals surface area contributed by atoms with Crippen molar-refractivity contribution in [3.63, 3.8) is 0 Å². The largest absolute Gasteiger partial charge is 0.385 e. The minimum atomic E-state index is -2.76. The summed E-state index contributed by atoms with van der Waals surface area (Å²) in [5.41, 5.74) is 0.949. The zero-order valence-electron chi connectivity index (χ0n) is 17.0. The first kappa shape index (κ1) is 21.8.